The van der Waals surface area contributed by atoms with Gasteiger partial charge in [0, 0.05) is 16.8 Å². The Balaban J connectivity index is 0.00000132. The Kier molecular flexibility index (Phi) is 14.7. The lowest BCUT2D eigenvalue weighted by atomic mass is 9.78. The van der Waals surface area contributed by atoms with Crippen LogP contribution < -0.4 is 10.9 Å². The van der Waals surface area contributed by atoms with Crippen LogP contribution in [0, 0.1) is 0 Å². The highest BCUT2D eigenvalue weighted by Gasteiger charge is 2.10. The monoisotopic (exact) mass is 424 g/mol. The number of thioether (sulfide) groups is 2. The van der Waals surface area contributed by atoms with Gasteiger partial charge in [-0.1, -0.05) is 80.2 Å². The Hall–Kier alpha value is -1.26. The minimum Gasteiger partial charge on any atom is -0.483 e. The first-order chi connectivity index (χ1) is 14.1. The van der Waals surface area contributed by atoms with Gasteiger partial charge in [-0.3, -0.25) is 4.79 Å². The Morgan fingerprint density at radius 3 is 2.41 bits per heavy atom. The fourth-order valence-corrected chi connectivity index (χ4v) is 5.33. The van der Waals surface area contributed by atoms with Crippen molar-refractivity contribution in [2.75, 3.05) is 5.75 Å². The van der Waals surface area contributed by atoms with Crippen LogP contribution in [0.25, 0.3) is 0 Å². The smallest absolute Gasteiger partial charge is 0.290 e. The molecular weight excluding hydrogens is 394 g/mol. The molecule has 0 bridgehead atoms. The molecule has 0 saturated carbocycles. The zero-order valence-electron chi connectivity index (χ0n) is 17.3. The highest BCUT2D eigenvalue weighted by molar-refractivity contribution is 7.99. The second kappa shape index (κ2) is 16.5. The van der Waals surface area contributed by atoms with Gasteiger partial charge >= 0.3 is 0 Å². The van der Waals surface area contributed by atoms with Gasteiger partial charge in [0.05, 0.1) is 0 Å². The van der Waals surface area contributed by atoms with Gasteiger partial charge in [-0.05, 0) is 29.7 Å². The van der Waals surface area contributed by atoms with E-state index in [1.54, 1.807) is 0 Å². The molecule has 2 aromatic carbocycles. The lowest BCUT2D eigenvalue weighted by molar-refractivity contribution is -0.122. The molecule has 1 atom stereocenters. The molecule has 6 heteroatoms. The van der Waals surface area contributed by atoms with E-state index in [2.05, 4.69) is 55.1 Å². The van der Waals surface area contributed by atoms with Crippen molar-refractivity contribution in [3.63, 3.8) is 0 Å². The van der Waals surface area contributed by atoms with Crippen LogP contribution in [0.3, 0.4) is 0 Å². The van der Waals surface area contributed by atoms with E-state index in [0.717, 1.165) is 27.8 Å². The van der Waals surface area contributed by atoms with E-state index >= 15 is 0 Å². The Bertz CT molecular complexity index is 684. The number of hydrogen-bond donors (Lipinski definition) is 1. The van der Waals surface area contributed by atoms with Crippen molar-refractivity contribution in [1.82, 2.24) is 0 Å². The molecule has 0 heterocycles. The number of carboxylic acid groups (broad SMARTS) is 1. The zero-order valence-corrected chi connectivity index (χ0v) is 18.9. The van der Waals surface area contributed by atoms with Crippen LogP contribution in [-0.2, 0) is 16.3 Å². The summed E-state index contributed by atoms with van der Waals surface area (Å²) in [6, 6.07) is 16.8. The maximum absolute atomic E-state index is 8.36. The van der Waals surface area contributed by atoms with Crippen molar-refractivity contribution in [3.05, 3.63) is 59.7 Å². The van der Waals surface area contributed by atoms with E-state index < -0.39 is 0 Å². The van der Waals surface area contributed by atoms with Crippen molar-refractivity contribution >= 4 is 56.6 Å². The van der Waals surface area contributed by atoms with Crippen LogP contribution in [-0.4, -0.2) is 38.3 Å². The summed E-state index contributed by atoms with van der Waals surface area (Å²) < 4.78 is 0. The number of unbranched alkanes of at least 4 members (excludes halogenated alkanes) is 2. The molecule has 0 spiro atoms. The van der Waals surface area contributed by atoms with Gasteiger partial charge in [-0.25, -0.2) is 0 Å². The van der Waals surface area contributed by atoms with Gasteiger partial charge < -0.3 is 5.11 Å². The van der Waals surface area contributed by atoms with E-state index in [-0.39, 0.29) is 6.47 Å². The standard InChI is InChI=1S/C22H28B2S2.CH2O2/c1-2-3-5-12-20(26-16-18-9-6-4-7-10-18)14-15-25-17-19-11-8-13-21(23)22(19)24;2-1-3/h4,6-11,13,20H,2-3,5,12,14-17H2,1H3;1H,(H,2,3). The third-order valence-electron chi connectivity index (χ3n) is 4.53. The quantitative estimate of drug-likeness (QED) is 0.310. The number of benzene rings is 2. The Morgan fingerprint density at radius 1 is 1.00 bits per heavy atom. The van der Waals surface area contributed by atoms with E-state index in [1.165, 1.54) is 43.4 Å². The molecule has 2 rings (SSSR count). The molecule has 1 N–H and O–H groups in total. The van der Waals surface area contributed by atoms with Crippen LogP contribution in [0.15, 0.2) is 48.5 Å². The lowest BCUT2D eigenvalue weighted by Crippen LogP contribution is -2.28. The average molecular weight is 424 g/mol. The second-order valence-electron chi connectivity index (χ2n) is 6.78. The van der Waals surface area contributed by atoms with Crippen molar-refractivity contribution < 1.29 is 9.90 Å². The molecule has 2 nitrogen and oxygen atoms in total. The number of carbonyl (C=O) groups is 1. The maximum Gasteiger partial charge on any atom is 0.290 e. The largest absolute Gasteiger partial charge is 0.483 e. The van der Waals surface area contributed by atoms with Gasteiger partial charge in [0.25, 0.3) is 6.47 Å². The summed E-state index contributed by atoms with van der Waals surface area (Å²) in [6.45, 7) is 2.03. The molecule has 0 saturated heterocycles. The van der Waals surface area contributed by atoms with Crippen LogP contribution in [0.1, 0.15) is 50.2 Å². The van der Waals surface area contributed by atoms with Crippen molar-refractivity contribution in [2.24, 2.45) is 0 Å². The summed E-state index contributed by atoms with van der Waals surface area (Å²) in [5.74, 6) is 3.24. The number of hydrogen-bond acceptors (Lipinski definition) is 3. The normalized spacial score (nSPS) is 11.3. The summed E-state index contributed by atoms with van der Waals surface area (Å²) >= 11 is 4.09. The van der Waals surface area contributed by atoms with Crippen molar-refractivity contribution in [3.8, 4) is 0 Å². The summed E-state index contributed by atoms with van der Waals surface area (Å²) in [5, 5.41) is 7.63. The summed E-state index contributed by atoms with van der Waals surface area (Å²) in [4.78, 5) is 8.36. The van der Waals surface area contributed by atoms with Crippen molar-refractivity contribution in [1.29, 1.82) is 0 Å². The second-order valence-corrected chi connectivity index (χ2v) is 9.17. The lowest BCUT2D eigenvalue weighted by Gasteiger charge is -2.17. The van der Waals surface area contributed by atoms with Gasteiger partial charge in [-0.15, -0.1) is 5.46 Å². The van der Waals surface area contributed by atoms with E-state index in [1.807, 2.05) is 23.9 Å². The molecule has 0 aliphatic rings. The maximum atomic E-state index is 8.36. The molecule has 29 heavy (non-hydrogen) atoms. The van der Waals surface area contributed by atoms with Crippen LogP contribution in [0.4, 0.5) is 0 Å². The minimum atomic E-state index is -0.250. The topological polar surface area (TPSA) is 37.3 Å². The van der Waals surface area contributed by atoms with Crippen LogP contribution >= 0.6 is 23.5 Å². The molecule has 4 radical (unpaired) electrons. The summed E-state index contributed by atoms with van der Waals surface area (Å²) in [7, 11) is 12.0. The molecule has 2 aromatic rings. The molecule has 152 valence electrons. The molecule has 0 fully saturated rings. The molecular formula is C23H30B2O2S2. The summed E-state index contributed by atoms with van der Waals surface area (Å²) in [6.07, 6.45) is 6.56. The van der Waals surface area contributed by atoms with Crippen LogP contribution in [0.5, 0.6) is 0 Å². The Morgan fingerprint density at radius 2 is 1.72 bits per heavy atom. The predicted octanol–water partition coefficient (Wildman–Crippen LogP) is 4.48. The Labute approximate surface area is 187 Å². The predicted molar refractivity (Wildman–Crippen MR) is 132 cm³/mol. The van der Waals surface area contributed by atoms with E-state index in [9.17, 15) is 0 Å². The third-order valence-corrected chi connectivity index (χ3v) is 7.01. The number of rotatable bonds is 12. The average Bonchev–Trinajstić information content (AvgIpc) is 2.73. The zero-order chi connectivity index (χ0) is 21.3. The highest BCUT2D eigenvalue weighted by Crippen LogP contribution is 2.27. The first kappa shape index (κ1) is 25.8. The van der Waals surface area contributed by atoms with Gasteiger partial charge in [0.1, 0.15) is 15.7 Å². The molecule has 0 aromatic heterocycles. The van der Waals surface area contributed by atoms with Gasteiger partial charge in [-0.2, -0.15) is 23.5 Å². The highest BCUT2D eigenvalue weighted by atomic mass is 32.2. The third kappa shape index (κ3) is 11.5. The van der Waals surface area contributed by atoms with Gasteiger partial charge in [0.2, 0.25) is 0 Å². The summed E-state index contributed by atoms with van der Waals surface area (Å²) in [5.41, 5.74) is 4.03. The van der Waals surface area contributed by atoms with E-state index in [0.29, 0.717) is 5.46 Å². The molecule has 1 unspecified atom stereocenters. The van der Waals surface area contributed by atoms with Crippen LogP contribution in [0.2, 0.25) is 0 Å². The minimum absolute atomic E-state index is 0.250. The fraction of sp³-hybridized carbons (Fsp3) is 0.435. The van der Waals surface area contributed by atoms with Crippen molar-refractivity contribution in [2.45, 2.75) is 55.8 Å². The van der Waals surface area contributed by atoms with E-state index in [4.69, 9.17) is 25.6 Å². The molecule has 0 amide bonds. The van der Waals surface area contributed by atoms with Gasteiger partial charge in [0.15, 0.2) is 0 Å². The SMILES string of the molecule is O=CO.[B]c1cccc(CSCCC(CCCCC)SCc2ccccc2)c1[B]. The first-order valence-electron chi connectivity index (χ1n) is 10.1. The molecule has 0 aliphatic carbocycles. The first-order valence-corrected chi connectivity index (χ1v) is 12.3. The molecule has 0 aliphatic heterocycles. The fourth-order valence-electron chi connectivity index (χ4n) is 2.88.